The summed E-state index contributed by atoms with van der Waals surface area (Å²) >= 11 is 1.52. The molecular formula is C14H21N3O2S. The number of ether oxygens (including phenoxy) is 1. The number of nitrogens with zero attached hydrogens (tertiary/aromatic N) is 2. The van der Waals surface area contributed by atoms with Crippen LogP contribution in [0.1, 0.15) is 44.2 Å². The van der Waals surface area contributed by atoms with Gasteiger partial charge in [0, 0.05) is 30.5 Å². The van der Waals surface area contributed by atoms with Gasteiger partial charge in [-0.25, -0.2) is 9.78 Å². The molecule has 2 fully saturated rings. The summed E-state index contributed by atoms with van der Waals surface area (Å²) in [5.74, 6) is 0.613. The Balaban J connectivity index is 1.61. The number of urea groups is 1. The number of rotatable bonds is 2. The van der Waals surface area contributed by atoms with Crippen LogP contribution in [-0.4, -0.2) is 41.7 Å². The van der Waals surface area contributed by atoms with Gasteiger partial charge in [-0.15, -0.1) is 11.3 Å². The fraction of sp³-hybridized carbons (Fsp3) is 0.714. The topological polar surface area (TPSA) is 54.5 Å². The van der Waals surface area contributed by atoms with Crippen molar-refractivity contribution in [2.24, 2.45) is 0 Å². The number of carbonyl (C=O) groups is 1. The van der Waals surface area contributed by atoms with Crippen LogP contribution in [0.15, 0.2) is 5.38 Å². The molecule has 110 valence electrons. The fourth-order valence-corrected chi connectivity index (χ4v) is 3.38. The first kappa shape index (κ1) is 13.8. The van der Waals surface area contributed by atoms with Crippen molar-refractivity contribution in [3.8, 4) is 0 Å². The van der Waals surface area contributed by atoms with Gasteiger partial charge in [0.2, 0.25) is 0 Å². The van der Waals surface area contributed by atoms with Crippen molar-refractivity contribution < 1.29 is 9.53 Å². The molecule has 1 N–H and O–H groups in total. The molecule has 5 nitrogen and oxygen atoms in total. The van der Waals surface area contributed by atoms with Crippen LogP contribution < -0.4 is 5.32 Å². The highest BCUT2D eigenvalue weighted by Gasteiger charge is 2.25. The highest BCUT2D eigenvalue weighted by atomic mass is 32.1. The molecule has 1 aliphatic carbocycles. The van der Waals surface area contributed by atoms with Crippen LogP contribution in [0.3, 0.4) is 0 Å². The molecule has 1 saturated heterocycles. The van der Waals surface area contributed by atoms with E-state index in [4.69, 9.17) is 4.74 Å². The van der Waals surface area contributed by atoms with Gasteiger partial charge in [0.05, 0.1) is 12.3 Å². The lowest BCUT2D eigenvalue weighted by Crippen LogP contribution is -2.42. The van der Waals surface area contributed by atoms with Crippen molar-refractivity contribution in [3.63, 3.8) is 0 Å². The smallest absolute Gasteiger partial charge is 0.323 e. The molecule has 0 bridgehead atoms. The number of amides is 2. The van der Waals surface area contributed by atoms with Crippen LogP contribution >= 0.6 is 11.3 Å². The summed E-state index contributed by atoms with van der Waals surface area (Å²) in [5.41, 5.74) is 1.14. The summed E-state index contributed by atoms with van der Waals surface area (Å²) in [5, 5.41) is 5.73. The van der Waals surface area contributed by atoms with E-state index in [2.05, 4.69) is 22.6 Å². The van der Waals surface area contributed by atoms with E-state index in [1.165, 1.54) is 30.6 Å². The molecule has 1 aromatic rings. The Morgan fingerprint density at radius 1 is 1.45 bits per heavy atom. The van der Waals surface area contributed by atoms with E-state index < -0.39 is 0 Å². The van der Waals surface area contributed by atoms with Crippen LogP contribution in [0.5, 0.6) is 0 Å². The summed E-state index contributed by atoms with van der Waals surface area (Å²) < 4.78 is 5.42. The van der Waals surface area contributed by atoms with E-state index >= 15 is 0 Å². The van der Waals surface area contributed by atoms with E-state index in [0.717, 1.165) is 18.7 Å². The van der Waals surface area contributed by atoms with Crippen LogP contribution in [0.2, 0.25) is 0 Å². The van der Waals surface area contributed by atoms with Gasteiger partial charge in [-0.2, -0.15) is 0 Å². The van der Waals surface area contributed by atoms with Crippen LogP contribution in [0, 0.1) is 0 Å². The first-order valence-electron chi connectivity index (χ1n) is 7.35. The number of hydrogen-bond acceptors (Lipinski definition) is 4. The molecule has 0 radical (unpaired) electrons. The van der Waals surface area contributed by atoms with Gasteiger partial charge in [-0.1, -0.05) is 6.42 Å². The molecule has 2 heterocycles. The van der Waals surface area contributed by atoms with Gasteiger partial charge in [-0.3, -0.25) is 5.32 Å². The Labute approximate surface area is 123 Å². The molecule has 1 aromatic heterocycles. The minimum Gasteiger partial charge on any atom is -0.380 e. The van der Waals surface area contributed by atoms with Crippen molar-refractivity contribution in [2.75, 3.05) is 25.1 Å². The second kappa shape index (κ2) is 6.10. The normalized spacial score (nSPS) is 24.1. The second-order valence-electron chi connectivity index (χ2n) is 5.58. The quantitative estimate of drug-likeness (QED) is 0.912. The summed E-state index contributed by atoms with van der Waals surface area (Å²) in [6.45, 7) is 4.06. The molecule has 0 spiro atoms. The maximum absolute atomic E-state index is 12.3. The minimum absolute atomic E-state index is 0.0579. The maximum atomic E-state index is 12.3. The Kier molecular flexibility index (Phi) is 4.21. The number of aromatic nitrogens is 1. The van der Waals surface area contributed by atoms with Crippen molar-refractivity contribution >= 4 is 22.5 Å². The lowest BCUT2D eigenvalue weighted by Gasteiger charge is -2.26. The molecule has 20 heavy (non-hydrogen) atoms. The summed E-state index contributed by atoms with van der Waals surface area (Å²) in [6, 6.07) is 0.154. The predicted octanol–water partition coefficient (Wildman–Crippen LogP) is 3.05. The predicted molar refractivity (Wildman–Crippen MR) is 79.3 cm³/mol. The second-order valence-corrected chi connectivity index (χ2v) is 6.44. The summed E-state index contributed by atoms with van der Waals surface area (Å²) in [6.07, 6.45) is 4.66. The Hall–Kier alpha value is -1.14. The van der Waals surface area contributed by atoms with Gasteiger partial charge >= 0.3 is 6.03 Å². The Morgan fingerprint density at radius 2 is 2.30 bits per heavy atom. The molecule has 1 aliphatic heterocycles. The SMILES string of the molecule is C[C@H]1CCOCCN1C(=O)Nc1nc(C2CCC2)cs1. The highest BCUT2D eigenvalue weighted by Crippen LogP contribution is 2.37. The zero-order valence-electron chi connectivity index (χ0n) is 11.8. The largest absolute Gasteiger partial charge is 0.380 e. The summed E-state index contributed by atoms with van der Waals surface area (Å²) in [4.78, 5) is 18.7. The average Bonchev–Trinajstić information content (AvgIpc) is 2.67. The monoisotopic (exact) mass is 295 g/mol. The highest BCUT2D eigenvalue weighted by molar-refractivity contribution is 7.13. The number of thiazole rings is 1. The van der Waals surface area contributed by atoms with Crippen LogP contribution in [0.4, 0.5) is 9.93 Å². The molecule has 1 saturated carbocycles. The van der Waals surface area contributed by atoms with Crippen molar-refractivity contribution in [2.45, 2.75) is 44.6 Å². The molecule has 6 heteroatoms. The van der Waals surface area contributed by atoms with Gasteiger partial charge in [0.1, 0.15) is 0 Å². The van der Waals surface area contributed by atoms with E-state index in [1.54, 1.807) is 0 Å². The number of hydrogen-bond donors (Lipinski definition) is 1. The molecular weight excluding hydrogens is 274 g/mol. The van der Waals surface area contributed by atoms with E-state index in [0.29, 0.717) is 24.2 Å². The molecule has 2 aliphatic rings. The van der Waals surface area contributed by atoms with Crippen molar-refractivity contribution in [1.82, 2.24) is 9.88 Å². The van der Waals surface area contributed by atoms with Crippen LogP contribution in [0.25, 0.3) is 0 Å². The first-order valence-corrected chi connectivity index (χ1v) is 8.23. The van der Waals surface area contributed by atoms with Crippen LogP contribution in [-0.2, 0) is 4.74 Å². The molecule has 3 rings (SSSR count). The molecule has 1 atom stereocenters. The maximum Gasteiger partial charge on any atom is 0.323 e. The third kappa shape index (κ3) is 2.96. The minimum atomic E-state index is -0.0579. The van der Waals surface area contributed by atoms with E-state index in [1.807, 2.05) is 4.90 Å². The third-order valence-electron chi connectivity index (χ3n) is 4.21. The van der Waals surface area contributed by atoms with Gasteiger partial charge in [0.15, 0.2) is 5.13 Å². The molecule has 0 aromatic carbocycles. The lowest BCUT2D eigenvalue weighted by molar-refractivity contribution is 0.143. The summed E-state index contributed by atoms with van der Waals surface area (Å²) in [7, 11) is 0. The van der Waals surface area contributed by atoms with E-state index in [9.17, 15) is 4.79 Å². The fourth-order valence-electron chi connectivity index (χ4n) is 2.60. The third-order valence-corrected chi connectivity index (χ3v) is 4.98. The lowest BCUT2D eigenvalue weighted by atomic mass is 9.83. The van der Waals surface area contributed by atoms with Gasteiger partial charge in [0.25, 0.3) is 0 Å². The number of nitrogens with one attached hydrogen (secondary N) is 1. The zero-order valence-corrected chi connectivity index (χ0v) is 12.6. The Bertz CT molecular complexity index is 473. The molecule has 2 amide bonds. The van der Waals surface area contributed by atoms with Crippen molar-refractivity contribution in [1.29, 1.82) is 0 Å². The first-order chi connectivity index (χ1) is 9.74. The zero-order chi connectivity index (χ0) is 13.9. The Morgan fingerprint density at radius 3 is 3.05 bits per heavy atom. The molecule has 0 unspecified atom stereocenters. The number of anilines is 1. The van der Waals surface area contributed by atoms with Gasteiger partial charge < -0.3 is 9.64 Å². The van der Waals surface area contributed by atoms with Crippen molar-refractivity contribution in [3.05, 3.63) is 11.1 Å². The standard InChI is InChI=1S/C14H21N3O2S/c1-10-5-7-19-8-6-17(10)14(18)16-13-15-12(9-20-13)11-3-2-4-11/h9-11H,2-8H2,1H3,(H,15,16,18)/t10-/m0/s1. The average molecular weight is 295 g/mol. The van der Waals surface area contributed by atoms with Gasteiger partial charge in [-0.05, 0) is 26.2 Å². The number of carbonyl (C=O) groups excluding carboxylic acids is 1. The van der Waals surface area contributed by atoms with E-state index in [-0.39, 0.29) is 12.1 Å².